The van der Waals surface area contributed by atoms with Crippen LogP contribution in [0.2, 0.25) is 5.02 Å². The van der Waals surface area contributed by atoms with Crippen LogP contribution in [0.3, 0.4) is 0 Å². The molecule has 0 aliphatic carbocycles. The van der Waals surface area contributed by atoms with Crippen molar-refractivity contribution in [1.29, 1.82) is 0 Å². The zero-order valence-electron chi connectivity index (χ0n) is 17.7. The molecule has 8 nitrogen and oxygen atoms in total. The van der Waals surface area contributed by atoms with Crippen LogP contribution in [0.25, 0.3) is 10.9 Å². The molecule has 5 rings (SSSR count). The number of hydrogen-bond acceptors (Lipinski definition) is 6. The Balaban J connectivity index is 1.38. The molecular formula is C24H18ClFN4O4. The van der Waals surface area contributed by atoms with Gasteiger partial charge in [-0.25, -0.2) is 9.18 Å². The van der Waals surface area contributed by atoms with Crippen molar-refractivity contribution in [2.24, 2.45) is 0 Å². The molecule has 1 amide bonds. The highest BCUT2D eigenvalue weighted by Gasteiger charge is 2.16. The number of amides is 1. The number of aromatic nitrogens is 2. The maximum absolute atomic E-state index is 13.4. The molecule has 1 aliphatic heterocycles. The normalized spacial score (nSPS) is 12.1. The quantitative estimate of drug-likeness (QED) is 0.430. The van der Waals surface area contributed by atoms with E-state index in [-0.39, 0.29) is 18.4 Å². The van der Waals surface area contributed by atoms with Crippen LogP contribution < -0.4 is 25.8 Å². The van der Waals surface area contributed by atoms with Gasteiger partial charge in [0.2, 0.25) is 12.7 Å². The smallest absolute Gasteiger partial charge is 0.350 e. The first kappa shape index (κ1) is 21.7. The summed E-state index contributed by atoms with van der Waals surface area (Å²) in [6, 6.07) is 16.6. The van der Waals surface area contributed by atoms with Gasteiger partial charge in [-0.05, 0) is 48.0 Å². The first-order valence-corrected chi connectivity index (χ1v) is 10.7. The minimum absolute atomic E-state index is 0.111. The third-order valence-corrected chi connectivity index (χ3v) is 5.58. The fourth-order valence-corrected chi connectivity index (χ4v) is 3.85. The molecule has 4 aromatic rings. The van der Waals surface area contributed by atoms with Crippen LogP contribution in [0.1, 0.15) is 5.56 Å². The molecular weight excluding hydrogens is 463 g/mol. The predicted molar refractivity (Wildman–Crippen MR) is 126 cm³/mol. The van der Waals surface area contributed by atoms with Crippen molar-refractivity contribution >= 4 is 39.9 Å². The van der Waals surface area contributed by atoms with Crippen LogP contribution >= 0.6 is 11.6 Å². The summed E-state index contributed by atoms with van der Waals surface area (Å²) in [6.07, 6.45) is 0. The van der Waals surface area contributed by atoms with Crippen LogP contribution in [0.4, 0.5) is 15.9 Å². The van der Waals surface area contributed by atoms with Crippen LogP contribution in [-0.2, 0) is 17.9 Å². The highest BCUT2D eigenvalue weighted by Crippen LogP contribution is 2.32. The van der Waals surface area contributed by atoms with Gasteiger partial charge in [-0.15, -0.1) is 0 Å². The lowest BCUT2D eigenvalue weighted by Gasteiger charge is -2.14. The standard InChI is InChI=1S/C24H18ClFN4O4/c25-17-10-15(6-7-18(17)26)28-22(31)12-30-19-4-2-1-3-16(19)23(29-24(30)32)27-11-14-5-8-20-21(9-14)34-13-33-20/h1-10H,11-13H2,(H,28,31)(H,27,29,32). The summed E-state index contributed by atoms with van der Waals surface area (Å²) in [6.45, 7) is 0.324. The molecule has 0 bridgehead atoms. The van der Waals surface area contributed by atoms with Crippen molar-refractivity contribution in [3.05, 3.63) is 87.6 Å². The van der Waals surface area contributed by atoms with E-state index in [1.807, 2.05) is 30.3 Å². The van der Waals surface area contributed by atoms with E-state index in [0.29, 0.717) is 40.5 Å². The molecule has 1 aliphatic rings. The van der Waals surface area contributed by atoms with Gasteiger partial charge in [0.05, 0.1) is 10.5 Å². The Labute approximate surface area is 197 Å². The Hall–Kier alpha value is -4.11. The lowest BCUT2D eigenvalue weighted by molar-refractivity contribution is -0.116. The molecule has 172 valence electrons. The van der Waals surface area contributed by atoms with Crippen molar-refractivity contribution in [3.63, 3.8) is 0 Å². The van der Waals surface area contributed by atoms with Gasteiger partial charge in [0.15, 0.2) is 11.5 Å². The molecule has 0 fully saturated rings. The molecule has 3 aromatic carbocycles. The molecule has 0 radical (unpaired) electrons. The summed E-state index contributed by atoms with van der Waals surface area (Å²) >= 11 is 5.77. The summed E-state index contributed by atoms with van der Waals surface area (Å²) in [5.41, 5.74) is 1.21. The summed E-state index contributed by atoms with van der Waals surface area (Å²) in [5.74, 6) is 0.699. The third-order valence-electron chi connectivity index (χ3n) is 5.29. The SMILES string of the molecule is O=C(Cn1c(=O)nc(NCc2ccc3c(c2)OCO3)c2ccccc21)Nc1ccc(F)c(Cl)c1. The largest absolute Gasteiger partial charge is 0.454 e. The molecule has 0 saturated carbocycles. The average Bonchev–Trinajstić information content (AvgIpc) is 3.30. The Morgan fingerprint density at radius 1 is 1.09 bits per heavy atom. The number of ether oxygens (including phenoxy) is 2. The number of fused-ring (bicyclic) bond motifs is 2. The molecule has 2 heterocycles. The highest BCUT2D eigenvalue weighted by molar-refractivity contribution is 6.31. The molecule has 0 unspecified atom stereocenters. The number of para-hydroxylation sites is 1. The van der Waals surface area contributed by atoms with Crippen LogP contribution in [-0.4, -0.2) is 22.3 Å². The van der Waals surface area contributed by atoms with Crippen molar-refractivity contribution in [2.45, 2.75) is 13.1 Å². The summed E-state index contributed by atoms with van der Waals surface area (Å²) in [5, 5.41) is 6.38. The fraction of sp³-hybridized carbons (Fsp3) is 0.125. The summed E-state index contributed by atoms with van der Waals surface area (Å²) in [4.78, 5) is 29.6. The first-order chi connectivity index (χ1) is 16.5. The van der Waals surface area contributed by atoms with E-state index in [1.54, 1.807) is 12.1 Å². The van der Waals surface area contributed by atoms with E-state index in [2.05, 4.69) is 15.6 Å². The second-order valence-corrected chi connectivity index (χ2v) is 7.97. The number of carbonyl (C=O) groups is 1. The van der Waals surface area contributed by atoms with E-state index in [1.165, 1.54) is 16.7 Å². The Morgan fingerprint density at radius 2 is 1.91 bits per heavy atom. The van der Waals surface area contributed by atoms with Crippen LogP contribution in [0, 0.1) is 5.82 Å². The van der Waals surface area contributed by atoms with Gasteiger partial charge in [-0.3, -0.25) is 9.36 Å². The Bertz CT molecular complexity index is 1470. The molecule has 1 aromatic heterocycles. The van der Waals surface area contributed by atoms with E-state index in [0.717, 1.165) is 11.6 Å². The molecule has 0 saturated heterocycles. The number of nitrogens with one attached hydrogen (secondary N) is 2. The van der Waals surface area contributed by atoms with Crippen molar-refractivity contribution in [3.8, 4) is 11.5 Å². The molecule has 34 heavy (non-hydrogen) atoms. The van der Waals surface area contributed by atoms with Gasteiger partial charge >= 0.3 is 5.69 Å². The van der Waals surface area contributed by atoms with E-state index >= 15 is 0 Å². The monoisotopic (exact) mass is 480 g/mol. The number of benzene rings is 3. The highest BCUT2D eigenvalue weighted by atomic mass is 35.5. The minimum atomic E-state index is -0.588. The lowest BCUT2D eigenvalue weighted by atomic mass is 10.2. The number of halogens is 2. The van der Waals surface area contributed by atoms with Gasteiger partial charge < -0.3 is 20.1 Å². The van der Waals surface area contributed by atoms with E-state index < -0.39 is 17.4 Å². The van der Waals surface area contributed by atoms with Crippen molar-refractivity contribution < 1.29 is 18.7 Å². The minimum Gasteiger partial charge on any atom is -0.454 e. The van der Waals surface area contributed by atoms with Crippen LogP contribution in [0.5, 0.6) is 11.5 Å². The second kappa shape index (κ2) is 9.03. The van der Waals surface area contributed by atoms with Gasteiger partial charge in [-0.2, -0.15) is 4.98 Å². The maximum Gasteiger partial charge on any atom is 0.350 e. The van der Waals surface area contributed by atoms with Gasteiger partial charge in [0.25, 0.3) is 0 Å². The zero-order valence-corrected chi connectivity index (χ0v) is 18.4. The molecule has 2 N–H and O–H groups in total. The van der Waals surface area contributed by atoms with Crippen molar-refractivity contribution in [2.75, 3.05) is 17.4 Å². The topological polar surface area (TPSA) is 94.5 Å². The van der Waals surface area contributed by atoms with Gasteiger partial charge in [0.1, 0.15) is 18.2 Å². The summed E-state index contributed by atoms with van der Waals surface area (Å²) < 4.78 is 25.4. The fourth-order valence-electron chi connectivity index (χ4n) is 3.67. The van der Waals surface area contributed by atoms with E-state index in [9.17, 15) is 14.0 Å². The molecule has 0 spiro atoms. The first-order valence-electron chi connectivity index (χ1n) is 10.3. The number of carbonyl (C=O) groups excluding carboxylic acids is 1. The van der Waals surface area contributed by atoms with Crippen molar-refractivity contribution in [1.82, 2.24) is 9.55 Å². The molecule has 0 atom stereocenters. The van der Waals surface area contributed by atoms with E-state index in [4.69, 9.17) is 21.1 Å². The number of hydrogen-bond donors (Lipinski definition) is 2. The number of rotatable bonds is 6. The van der Waals surface area contributed by atoms with Crippen LogP contribution in [0.15, 0.2) is 65.5 Å². The number of anilines is 2. The maximum atomic E-state index is 13.4. The summed E-state index contributed by atoms with van der Waals surface area (Å²) in [7, 11) is 0. The predicted octanol–water partition coefficient (Wildman–Crippen LogP) is 4.17. The second-order valence-electron chi connectivity index (χ2n) is 7.56. The molecule has 10 heteroatoms. The number of nitrogens with zero attached hydrogens (tertiary/aromatic N) is 2. The lowest BCUT2D eigenvalue weighted by Crippen LogP contribution is -2.30. The third kappa shape index (κ3) is 4.38. The average molecular weight is 481 g/mol. The Morgan fingerprint density at radius 3 is 2.76 bits per heavy atom. The Kier molecular flexibility index (Phi) is 5.77. The van der Waals surface area contributed by atoms with Gasteiger partial charge in [0, 0.05) is 17.6 Å². The zero-order chi connectivity index (χ0) is 23.7. The van der Waals surface area contributed by atoms with Gasteiger partial charge in [-0.1, -0.05) is 29.8 Å².